The van der Waals surface area contributed by atoms with Crippen molar-refractivity contribution in [1.29, 1.82) is 0 Å². The van der Waals surface area contributed by atoms with Crippen molar-refractivity contribution in [3.8, 4) is 0 Å². The topological polar surface area (TPSA) is 82.9 Å². The molecule has 21 heavy (non-hydrogen) atoms. The molecule has 0 aromatic carbocycles. The predicted octanol–water partition coefficient (Wildman–Crippen LogP) is 0.827. The Morgan fingerprint density at radius 1 is 1.38 bits per heavy atom. The first kappa shape index (κ1) is 17.5. The number of nitrogens with zero attached hydrogens (tertiary/aromatic N) is 2. The molecule has 0 unspecified atom stereocenters. The molecule has 0 atom stereocenters. The molecule has 0 spiro atoms. The van der Waals surface area contributed by atoms with Crippen LogP contribution in [-0.4, -0.2) is 45.3 Å². The summed E-state index contributed by atoms with van der Waals surface area (Å²) in [6.45, 7) is 9.87. The second-order valence-electron chi connectivity index (χ2n) is 5.88. The largest absolute Gasteiger partial charge is 0.490 e. The van der Waals surface area contributed by atoms with Crippen LogP contribution in [0, 0.1) is 6.92 Å². The minimum Gasteiger partial charge on any atom is -0.444 e. The molecule has 0 aliphatic heterocycles. The highest BCUT2D eigenvalue weighted by Gasteiger charge is 2.23. The molecule has 1 heterocycles. The zero-order valence-electron chi connectivity index (χ0n) is 13.3. The average Bonchev–Trinajstić information content (AvgIpc) is 2.34. The lowest BCUT2D eigenvalue weighted by molar-refractivity contribution is 0.0244. The van der Waals surface area contributed by atoms with Crippen molar-refractivity contribution in [2.75, 3.05) is 6.54 Å². The van der Waals surface area contributed by atoms with Crippen molar-refractivity contribution < 1.29 is 19.6 Å². The number of aromatic nitrogens is 1. The van der Waals surface area contributed by atoms with Gasteiger partial charge >= 0.3 is 13.2 Å². The summed E-state index contributed by atoms with van der Waals surface area (Å²) < 4.78 is 5.35. The first-order chi connectivity index (χ1) is 9.65. The molecule has 0 radical (unpaired) electrons. The molecule has 0 bridgehead atoms. The molecule has 0 saturated heterocycles. The van der Waals surface area contributed by atoms with Gasteiger partial charge in [0, 0.05) is 24.4 Å². The number of hydrogen-bond donors (Lipinski definition) is 2. The lowest BCUT2D eigenvalue weighted by Crippen LogP contribution is -2.38. The number of rotatable bonds is 4. The van der Waals surface area contributed by atoms with Gasteiger partial charge in [-0.25, -0.2) is 4.79 Å². The third-order valence-corrected chi connectivity index (χ3v) is 3.03. The van der Waals surface area contributed by atoms with Gasteiger partial charge in [0.05, 0.1) is 6.54 Å². The zero-order chi connectivity index (χ0) is 16.2. The van der Waals surface area contributed by atoms with E-state index in [9.17, 15) is 14.8 Å². The normalized spacial score (nSPS) is 11.2. The predicted molar refractivity (Wildman–Crippen MR) is 81.1 cm³/mol. The van der Waals surface area contributed by atoms with E-state index in [1.165, 1.54) is 6.20 Å². The van der Waals surface area contributed by atoms with E-state index in [4.69, 9.17) is 4.74 Å². The van der Waals surface area contributed by atoms with Gasteiger partial charge in [-0.05, 0) is 45.7 Å². The Labute approximate surface area is 125 Å². The fourth-order valence-electron chi connectivity index (χ4n) is 1.84. The Kier molecular flexibility index (Phi) is 5.74. The van der Waals surface area contributed by atoms with Gasteiger partial charge in [-0.15, -0.1) is 0 Å². The maximum Gasteiger partial charge on any atom is 0.490 e. The molecule has 0 aliphatic carbocycles. The van der Waals surface area contributed by atoms with Gasteiger partial charge in [0.2, 0.25) is 0 Å². The summed E-state index contributed by atoms with van der Waals surface area (Å²) in [5, 5.41) is 18.6. The first-order valence-corrected chi connectivity index (χ1v) is 6.93. The van der Waals surface area contributed by atoms with Gasteiger partial charge in [0.1, 0.15) is 5.60 Å². The quantitative estimate of drug-likeness (QED) is 0.804. The Bertz CT molecular complexity index is 500. The molecule has 0 saturated carbocycles. The lowest BCUT2D eigenvalue weighted by Gasteiger charge is -2.27. The second-order valence-corrected chi connectivity index (χ2v) is 5.88. The maximum absolute atomic E-state index is 12.1. The van der Waals surface area contributed by atoms with Crippen molar-refractivity contribution in [3.63, 3.8) is 0 Å². The van der Waals surface area contributed by atoms with Crippen molar-refractivity contribution >= 4 is 18.7 Å². The lowest BCUT2D eigenvalue weighted by atomic mass is 9.77. The smallest absolute Gasteiger partial charge is 0.444 e. The van der Waals surface area contributed by atoms with E-state index in [2.05, 4.69) is 4.98 Å². The third-order valence-electron chi connectivity index (χ3n) is 3.03. The molecule has 7 heteroatoms. The van der Waals surface area contributed by atoms with Gasteiger partial charge in [0.15, 0.2) is 0 Å². The van der Waals surface area contributed by atoms with Crippen LogP contribution in [0.15, 0.2) is 12.4 Å². The number of carbonyl (C=O) groups is 1. The van der Waals surface area contributed by atoms with E-state index in [1.54, 1.807) is 18.0 Å². The van der Waals surface area contributed by atoms with Crippen LogP contribution < -0.4 is 5.46 Å². The molecule has 6 nitrogen and oxygen atoms in total. The molecular formula is C14H23BN2O4. The number of carbonyl (C=O) groups excluding carboxylic acids is 1. The van der Waals surface area contributed by atoms with E-state index in [0.717, 1.165) is 5.56 Å². The van der Waals surface area contributed by atoms with Crippen LogP contribution in [0.3, 0.4) is 0 Å². The summed E-state index contributed by atoms with van der Waals surface area (Å²) in [4.78, 5) is 17.6. The summed E-state index contributed by atoms with van der Waals surface area (Å²) in [5.41, 5.74) is 1.25. The highest BCUT2D eigenvalue weighted by Crippen LogP contribution is 2.13. The summed E-state index contributed by atoms with van der Waals surface area (Å²) >= 11 is 0. The van der Waals surface area contributed by atoms with Gasteiger partial charge in [-0.1, -0.05) is 0 Å². The Morgan fingerprint density at radius 3 is 2.48 bits per heavy atom. The van der Waals surface area contributed by atoms with Crippen LogP contribution in [0.4, 0.5) is 4.79 Å². The van der Waals surface area contributed by atoms with Gasteiger partial charge in [-0.3, -0.25) is 4.98 Å². The van der Waals surface area contributed by atoms with Crippen molar-refractivity contribution in [2.45, 2.75) is 46.8 Å². The van der Waals surface area contributed by atoms with Gasteiger partial charge in [0.25, 0.3) is 0 Å². The van der Waals surface area contributed by atoms with Crippen LogP contribution >= 0.6 is 0 Å². The molecule has 1 aromatic rings. The fraction of sp³-hybridized carbons (Fsp3) is 0.571. The van der Waals surface area contributed by atoms with Crippen LogP contribution in [0.2, 0.25) is 0 Å². The number of amides is 1. The van der Waals surface area contributed by atoms with Crippen LogP contribution in [-0.2, 0) is 11.3 Å². The minimum absolute atomic E-state index is 0.310. The van der Waals surface area contributed by atoms with Crippen LogP contribution in [0.5, 0.6) is 0 Å². The molecule has 1 amide bonds. The Hall–Kier alpha value is -1.60. The summed E-state index contributed by atoms with van der Waals surface area (Å²) in [5.74, 6) is 0. The van der Waals surface area contributed by atoms with Crippen molar-refractivity contribution in [2.24, 2.45) is 0 Å². The molecule has 1 rings (SSSR count). The first-order valence-electron chi connectivity index (χ1n) is 6.93. The second kappa shape index (κ2) is 6.91. The highest BCUT2D eigenvalue weighted by atomic mass is 16.6. The van der Waals surface area contributed by atoms with E-state index in [0.29, 0.717) is 24.1 Å². The van der Waals surface area contributed by atoms with E-state index < -0.39 is 18.8 Å². The molecule has 2 N–H and O–H groups in total. The number of pyridine rings is 1. The maximum atomic E-state index is 12.1. The SMILES string of the molecule is CCN(Cc1cncc(B(O)O)c1C)C(=O)OC(C)(C)C. The monoisotopic (exact) mass is 294 g/mol. The molecule has 0 aliphatic rings. The average molecular weight is 294 g/mol. The van der Waals surface area contributed by atoms with Gasteiger partial charge in [-0.2, -0.15) is 0 Å². The van der Waals surface area contributed by atoms with Gasteiger partial charge < -0.3 is 19.7 Å². The number of hydrogen-bond acceptors (Lipinski definition) is 5. The Balaban J connectivity index is 2.92. The highest BCUT2D eigenvalue weighted by molar-refractivity contribution is 6.59. The van der Waals surface area contributed by atoms with Crippen molar-refractivity contribution in [3.05, 3.63) is 23.5 Å². The summed E-state index contributed by atoms with van der Waals surface area (Å²) in [7, 11) is -1.57. The molecule has 1 aromatic heterocycles. The van der Waals surface area contributed by atoms with E-state index in [1.807, 2.05) is 27.7 Å². The van der Waals surface area contributed by atoms with Crippen LogP contribution in [0.25, 0.3) is 0 Å². The molecule has 116 valence electrons. The zero-order valence-corrected chi connectivity index (χ0v) is 13.3. The number of ether oxygens (including phenoxy) is 1. The van der Waals surface area contributed by atoms with E-state index in [-0.39, 0.29) is 0 Å². The Morgan fingerprint density at radius 2 is 2.00 bits per heavy atom. The molecule has 0 fully saturated rings. The van der Waals surface area contributed by atoms with Crippen LogP contribution in [0.1, 0.15) is 38.8 Å². The minimum atomic E-state index is -1.57. The summed E-state index contributed by atoms with van der Waals surface area (Å²) in [6.07, 6.45) is 2.63. The van der Waals surface area contributed by atoms with E-state index >= 15 is 0 Å². The third kappa shape index (κ3) is 5.02. The fourth-order valence-corrected chi connectivity index (χ4v) is 1.84. The standard InChI is InChI=1S/C14H23BN2O4/c1-6-17(13(18)21-14(3,4)5)9-11-7-16-8-12(10(11)2)15(19)20/h7-8,19-20H,6,9H2,1-5H3. The van der Waals surface area contributed by atoms with Crippen molar-refractivity contribution in [1.82, 2.24) is 9.88 Å². The summed E-state index contributed by atoms with van der Waals surface area (Å²) in [6, 6.07) is 0. The molecular weight excluding hydrogens is 271 g/mol.